The third kappa shape index (κ3) is 6.88. The van der Waals surface area contributed by atoms with Gasteiger partial charge in [0.15, 0.2) is 0 Å². The summed E-state index contributed by atoms with van der Waals surface area (Å²) in [5.41, 5.74) is 0. The van der Waals surface area contributed by atoms with Gasteiger partial charge in [-0.2, -0.15) is 11.8 Å². The first-order valence-corrected chi connectivity index (χ1v) is 7.13. The maximum Gasteiger partial charge on any atom is 0.306 e. The first kappa shape index (κ1) is 14.8. The fraction of sp³-hybridized carbons (Fsp3) is 0.909. The van der Waals surface area contributed by atoms with E-state index in [0.29, 0.717) is 17.9 Å². The van der Waals surface area contributed by atoms with Gasteiger partial charge in [0.1, 0.15) is 0 Å². The average molecular weight is 262 g/mol. The first-order valence-electron chi connectivity index (χ1n) is 5.98. The van der Waals surface area contributed by atoms with Gasteiger partial charge in [0.2, 0.25) is 0 Å². The maximum absolute atomic E-state index is 10.9. The van der Waals surface area contributed by atoms with E-state index in [0.717, 1.165) is 32.7 Å². The lowest BCUT2D eigenvalue weighted by atomic mass is 10.3. The predicted molar refractivity (Wildman–Crippen MR) is 69.3 cm³/mol. The Balaban J connectivity index is 2.00. The molecule has 1 heterocycles. The lowest BCUT2D eigenvalue weighted by Crippen LogP contribution is -2.46. The fourth-order valence-corrected chi connectivity index (χ4v) is 2.58. The minimum absolute atomic E-state index is 0.186. The Morgan fingerprint density at radius 3 is 2.88 bits per heavy atom. The van der Waals surface area contributed by atoms with Gasteiger partial charge in [0.05, 0.1) is 19.6 Å². The molecule has 1 aliphatic heterocycles. The molecule has 5 nitrogen and oxygen atoms in total. The molecule has 2 N–H and O–H groups in total. The Bertz CT molecular complexity index is 223. The molecule has 0 aromatic heterocycles. The number of nitrogens with one attached hydrogen (secondary N) is 1. The molecule has 1 saturated heterocycles. The number of piperazine rings is 1. The van der Waals surface area contributed by atoms with Crippen molar-refractivity contribution in [1.82, 2.24) is 10.2 Å². The highest BCUT2D eigenvalue weighted by Crippen LogP contribution is 2.07. The largest absolute Gasteiger partial charge is 0.469 e. The molecule has 100 valence electrons. The van der Waals surface area contributed by atoms with Crippen LogP contribution >= 0.6 is 11.8 Å². The second kappa shape index (κ2) is 8.74. The van der Waals surface area contributed by atoms with Crippen LogP contribution in [0.4, 0.5) is 0 Å². The summed E-state index contributed by atoms with van der Waals surface area (Å²) < 4.78 is 4.55. The van der Waals surface area contributed by atoms with Gasteiger partial charge in [-0.15, -0.1) is 0 Å². The van der Waals surface area contributed by atoms with Crippen molar-refractivity contribution in [3.8, 4) is 0 Å². The summed E-state index contributed by atoms with van der Waals surface area (Å²) >= 11 is 1.60. The number of β-amino-alcohol motifs (C(OH)–C–C–N with tert-alkyl or cyclic N) is 1. The third-order valence-corrected chi connectivity index (χ3v) is 3.78. The van der Waals surface area contributed by atoms with Crippen LogP contribution < -0.4 is 5.32 Å². The molecule has 6 heteroatoms. The van der Waals surface area contributed by atoms with Gasteiger partial charge in [-0.25, -0.2) is 0 Å². The van der Waals surface area contributed by atoms with Crippen molar-refractivity contribution in [3.63, 3.8) is 0 Å². The molecule has 1 fully saturated rings. The topological polar surface area (TPSA) is 61.8 Å². The molecule has 0 bridgehead atoms. The molecule has 0 aliphatic carbocycles. The monoisotopic (exact) mass is 262 g/mol. The van der Waals surface area contributed by atoms with Crippen LogP contribution in [-0.4, -0.2) is 73.4 Å². The molecule has 0 spiro atoms. The second-order valence-corrected chi connectivity index (χ2v) is 5.26. The van der Waals surface area contributed by atoms with E-state index in [1.807, 2.05) is 0 Å². The summed E-state index contributed by atoms with van der Waals surface area (Å²) in [5, 5.41) is 13.1. The summed E-state index contributed by atoms with van der Waals surface area (Å²) in [6, 6.07) is 0. The van der Waals surface area contributed by atoms with Crippen molar-refractivity contribution in [2.45, 2.75) is 12.5 Å². The number of aliphatic hydroxyl groups is 1. The molecule has 0 aromatic carbocycles. The zero-order valence-corrected chi connectivity index (χ0v) is 11.2. The molecule has 1 rings (SSSR count). The third-order valence-electron chi connectivity index (χ3n) is 2.67. The molecule has 0 saturated carbocycles. The van der Waals surface area contributed by atoms with E-state index in [9.17, 15) is 9.90 Å². The molecule has 1 aliphatic rings. The highest BCUT2D eigenvalue weighted by molar-refractivity contribution is 7.99. The molecule has 0 radical (unpaired) electrons. The van der Waals surface area contributed by atoms with Gasteiger partial charge >= 0.3 is 5.97 Å². The molecular formula is C11H22N2O3S. The number of aliphatic hydroxyl groups excluding tert-OH is 1. The lowest BCUT2D eigenvalue weighted by molar-refractivity contribution is -0.140. The number of ether oxygens (including phenoxy) is 1. The Hall–Kier alpha value is -0.300. The lowest BCUT2D eigenvalue weighted by Gasteiger charge is -2.28. The van der Waals surface area contributed by atoms with Crippen LogP contribution in [0.15, 0.2) is 0 Å². The van der Waals surface area contributed by atoms with E-state index in [2.05, 4.69) is 15.0 Å². The zero-order valence-electron chi connectivity index (χ0n) is 10.4. The van der Waals surface area contributed by atoms with Gasteiger partial charge in [0, 0.05) is 44.2 Å². The minimum atomic E-state index is -0.309. The highest BCUT2D eigenvalue weighted by atomic mass is 32.2. The SMILES string of the molecule is COC(=O)CCSCC(O)CN1CCNCC1. The maximum atomic E-state index is 10.9. The zero-order chi connectivity index (χ0) is 12.5. The smallest absolute Gasteiger partial charge is 0.306 e. The number of hydrogen-bond acceptors (Lipinski definition) is 6. The quantitative estimate of drug-likeness (QED) is 0.479. The van der Waals surface area contributed by atoms with Gasteiger partial charge in [-0.3, -0.25) is 9.69 Å². The van der Waals surface area contributed by atoms with E-state index in [1.54, 1.807) is 11.8 Å². The Morgan fingerprint density at radius 2 is 2.24 bits per heavy atom. The second-order valence-electron chi connectivity index (χ2n) is 4.11. The molecule has 17 heavy (non-hydrogen) atoms. The van der Waals surface area contributed by atoms with Crippen molar-refractivity contribution in [3.05, 3.63) is 0 Å². The van der Waals surface area contributed by atoms with Crippen molar-refractivity contribution in [1.29, 1.82) is 0 Å². The number of rotatable bonds is 7. The number of nitrogens with zero attached hydrogens (tertiary/aromatic N) is 1. The summed E-state index contributed by atoms with van der Waals surface area (Å²) in [6.45, 7) is 4.74. The van der Waals surface area contributed by atoms with E-state index in [4.69, 9.17) is 0 Å². The minimum Gasteiger partial charge on any atom is -0.469 e. The normalized spacial score (nSPS) is 18.9. The highest BCUT2D eigenvalue weighted by Gasteiger charge is 2.14. The van der Waals surface area contributed by atoms with Crippen LogP contribution in [0.25, 0.3) is 0 Å². The summed E-state index contributed by atoms with van der Waals surface area (Å²) in [7, 11) is 1.40. The predicted octanol–water partition coefficient (Wildman–Crippen LogP) is -0.451. The van der Waals surface area contributed by atoms with Gasteiger partial charge < -0.3 is 15.2 Å². The molecule has 1 unspecified atom stereocenters. The van der Waals surface area contributed by atoms with Crippen LogP contribution in [0, 0.1) is 0 Å². The number of methoxy groups -OCH3 is 1. The van der Waals surface area contributed by atoms with Crippen molar-refractivity contribution >= 4 is 17.7 Å². The van der Waals surface area contributed by atoms with Gasteiger partial charge in [-0.05, 0) is 0 Å². The summed E-state index contributed by atoms with van der Waals surface area (Å²) in [5.74, 6) is 1.21. The van der Waals surface area contributed by atoms with E-state index in [-0.39, 0.29) is 12.1 Å². The fourth-order valence-electron chi connectivity index (χ4n) is 1.72. The number of esters is 1. The molecule has 1 atom stereocenters. The van der Waals surface area contributed by atoms with Gasteiger partial charge in [0.25, 0.3) is 0 Å². The Morgan fingerprint density at radius 1 is 1.53 bits per heavy atom. The van der Waals surface area contributed by atoms with Crippen LogP contribution in [0.2, 0.25) is 0 Å². The molecular weight excluding hydrogens is 240 g/mol. The van der Waals surface area contributed by atoms with Crippen LogP contribution in [-0.2, 0) is 9.53 Å². The van der Waals surface area contributed by atoms with Gasteiger partial charge in [-0.1, -0.05) is 0 Å². The number of hydrogen-bond donors (Lipinski definition) is 2. The van der Waals surface area contributed by atoms with Crippen molar-refractivity contribution in [2.24, 2.45) is 0 Å². The molecule has 0 amide bonds. The molecule has 0 aromatic rings. The Kier molecular flexibility index (Phi) is 7.59. The van der Waals surface area contributed by atoms with E-state index >= 15 is 0 Å². The van der Waals surface area contributed by atoms with Crippen molar-refractivity contribution in [2.75, 3.05) is 51.3 Å². The first-order chi connectivity index (χ1) is 8.22. The van der Waals surface area contributed by atoms with Crippen LogP contribution in [0.3, 0.4) is 0 Å². The number of carbonyl (C=O) groups is 1. The number of carbonyl (C=O) groups excluding carboxylic acids is 1. The van der Waals surface area contributed by atoms with E-state index in [1.165, 1.54) is 7.11 Å². The summed E-state index contributed by atoms with van der Waals surface area (Å²) in [4.78, 5) is 13.1. The average Bonchev–Trinajstić information content (AvgIpc) is 2.35. The van der Waals surface area contributed by atoms with Crippen LogP contribution in [0.1, 0.15) is 6.42 Å². The van der Waals surface area contributed by atoms with E-state index < -0.39 is 0 Å². The Labute approximate surface area is 107 Å². The number of thioether (sulfide) groups is 1. The summed E-state index contributed by atoms with van der Waals surface area (Å²) in [6.07, 6.45) is 0.109. The standard InChI is InChI=1S/C11H22N2O3S/c1-16-11(15)2-7-17-9-10(14)8-13-5-3-12-4-6-13/h10,12,14H,2-9H2,1H3. The van der Waals surface area contributed by atoms with Crippen LogP contribution in [0.5, 0.6) is 0 Å². The van der Waals surface area contributed by atoms with Crippen molar-refractivity contribution < 1.29 is 14.6 Å².